The summed E-state index contributed by atoms with van der Waals surface area (Å²) >= 11 is 0. The Hall–Kier alpha value is -3.24. The van der Waals surface area contributed by atoms with Crippen molar-refractivity contribution in [1.29, 1.82) is 0 Å². The predicted octanol–water partition coefficient (Wildman–Crippen LogP) is 4.97. The third kappa shape index (κ3) is 6.37. The predicted molar refractivity (Wildman–Crippen MR) is 101 cm³/mol. The SMILES string of the molecule is CC(OC(=O)c1cc(C(F)(F)F)cc(C(F)(F)F)c1)C(=O)Nc1ccc(N(C)C)cc1. The number of amides is 1. The Morgan fingerprint density at radius 2 is 1.39 bits per heavy atom. The Labute approximate surface area is 173 Å². The van der Waals surface area contributed by atoms with Gasteiger partial charge >= 0.3 is 18.3 Å². The summed E-state index contributed by atoms with van der Waals surface area (Å²) in [6, 6.07) is 6.92. The van der Waals surface area contributed by atoms with Crippen LogP contribution in [0.1, 0.15) is 28.4 Å². The monoisotopic (exact) mass is 448 g/mol. The van der Waals surface area contributed by atoms with Gasteiger partial charge in [-0.05, 0) is 49.4 Å². The summed E-state index contributed by atoms with van der Waals surface area (Å²) in [7, 11) is 3.63. The van der Waals surface area contributed by atoms with E-state index in [2.05, 4.69) is 5.32 Å². The van der Waals surface area contributed by atoms with E-state index >= 15 is 0 Å². The van der Waals surface area contributed by atoms with E-state index < -0.39 is 47.0 Å². The topological polar surface area (TPSA) is 58.6 Å². The average molecular weight is 448 g/mol. The maximum absolute atomic E-state index is 12.9. The van der Waals surface area contributed by atoms with Crippen LogP contribution in [0.3, 0.4) is 0 Å². The van der Waals surface area contributed by atoms with E-state index in [1.165, 1.54) is 0 Å². The molecule has 2 rings (SSSR count). The van der Waals surface area contributed by atoms with E-state index in [1.807, 2.05) is 19.0 Å². The maximum Gasteiger partial charge on any atom is 0.416 e. The van der Waals surface area contributed by atoms with Gasteiger partial charge in [-0.2, -0.15) is 26.3 Å². The third-order valence-corrected chi connectivity index (χ3v) is 4.13. The van der Waals surface area contributed by atoms with E-state index in [1.54, 1.807) is 24.3 Å². The lowest BCUT2D eigenvalue weighted by Crippen LogP contribution is -2.30. The van der Waals surface area contributed by atoms with Crippen molar-refractivity contribution in [3.05, 3.63) is 59.2 Å². The van der Waals surface area contributed by atoms with Gasteiger partial charge in [0.1, 0.15) is 0 Å². The van der Waals surface area contributed by atoms with Crippen molar-refractivity contribution in [2.75, 3.05) is 24.3 Å². The van der Waals surface area contributed by atoms with Gasteiger partial charge < -0.3 is 15.0 Å². The minimum absolute atomic E-state index is 0.107. The average Bonchev–Trinajstić information content (AvgIpc) is 2.66. The summed E-state index contributed by atoms with van der Waals surface area (Å²) in [5.74, 6) is -2.31. The summed E-state index contributed by atoms with van der Waals surface area (Å²) in [6.45, 7) is 1.14. The van der Waals surface area contributed by atoms with Gasteiger partial charge in [0.05, 0.1) is 16.7 Å². The third-order valence-electron chi connectivity index (χ3n) is 4.13. The molecule has 2 aromatic carbocycles. The van der Waals surface area contributed by atoms with Gasteiger partial charge in [-0.1, -0.05) is 0 Å². The molecule has 0 heterocycles. The number of benzene rings is 2. The van der Waals surface area contributed by atoms with Crippen LogP contribution < -0.4 is 10.2 Å². The second kappa shape index (κ2) is 8.86. The molecule has 1 amide bonds. The first-order valence-corrected chi connectivity index (χ1v) is 8.77. The van der Waals surface area contributed by atoms with Crippen molar-refractivity contribution in [2.24, 2.45) is 0 Å². The number of hydrogen-bond donors (Lipinski definition) is 1. The smallest absolute Gasteiger partial charge is 0.416 e. The molecule has 0 fully saturated rings. The molecule has 1 N–H and O–H groups in total. The van der Waals surface area contributed by atoms with Crippen LogP contribution in [0, 0.1) is 0 Å². The maximum atomic E-state index is 12.9. The quantitative estimate of drug-likeness (QED) is 0.518. The van der Waals surface area contributed by atoms with Crippen LogP contribution in [0.2, 0.25) is 0 Å². The molecule has 2 aromatic rings. The second-order valence-corrected chi connectivity index (χ2v) is 6.77. The number of hydrogen-bond acceptors (Lipinski definition) is 4. The van der Waals surface area contributed by atoms with E-state index in [4.69, 9.17) is 4.74 Å². The van der Waals surface area contributed by atoms with Gasteiger partial charge in [0.25, 0.3) is 5.91 Å². The van der Waals surface area contributed by atoms with Gasteiger partial charge in [-0.3, -0.25) is 4.79 Å². The van der Waals surface area contributed by atoms with Crippen molar-refractivity contribution in [1.82, 2.24) is 0 Å². The molecule has 0 aliphatic rings. The van der Waals surface area contributed by atoms with Crippen LogP contribution in [0.4, 0.5) is 37.7 Å². The zero-order valence-electron chi connectivity index (χ0n) is 16.6. The summed E-state index contributed by atoms with van der Waals surface area (Å²) in [5, 5.41) is 2.44. The molecule has 1 atom stereocenters. The highest BCUT2D eigenvalue weighted by Gasteiger charge is 2.38. The van der Waals surface area contributed by atoms with Crippen LogP contribution in [0.25, 0.3) is 0 Å². The van der Waals surface area contributed by atoms with E-state index in [0.29, 0.717) is 5.69 Å². The molecule has 0 bridgehead atoms. The lowest BCUT2D eigenvalue weighted by Gasteiger charge is -2.17. The van der Waals surface area contributed by atoms with Crippen molar-refractivity contribution in [2.45, 2.75) is 25.4 Å². The lowest BCUT2D eigenvalue weighted by molar-refractivity contribution is -0.143. The number of nitrogens with one attached hydrogen (secondary N) is 1. The molecule has 11 heteroatoms. The molecular formula is C20H18F6N2O3. The Morgan fingerprint density at radius 1 is 0.903 bits per heavy atom. The van der Waals surface area contributed by atoms with Crippen molar-refractivity contribution < 1.29 is 40.7 Å². The summed E-state index contributed by atoms with van der Waals surface area (Å²) < 4.78 is 82.3. The number of nitrogens with zero attached hydrogens (tertiary/aromatic N) is 1. The molecule has 0 aliphatic heterocycles. The van der Waals surface area contributed by atoms with Gasteiger partial charge in [-0.15, -0.1) is 0 Å². The molecule has 5 nitrogen and oxygen atoms in total. The number of halogens is 6. The minimum atomic E-state index is -5.11. The minimum Gasteiger partial charge on any atom is -0.449 e. The lowest BCUT2D eigenvalue weighted by atomic mass is 10.0. The molecule has 31 heavy (non-hydrogen) atoms. The zero-order chi connectivity index (χ0) is 23.6. The fraction of sp³-hybridized carbons (Fsp3) is 0.300. The molecule has 0 saturated heterocycles. The zero-order valence-corrected chi connectivity index (χ0v) is 16.6. The summed E-state index contributed by atoms with van der Waals surface area (Å²) in [5.41, 5.74) is -3.09. The largest absolute Gasteiger partial charge is 0.449 e. The number of alkyl halides is 6. The van der Waals surface area contributed by atoms with Gasteiger partial charge in [0.15, 0.2) is 6.10 Å². The number of carbonyl (C=O) groups excluding carboxylic acids is 2. The first kappa shape index (κ1) is 24.0. The number of carbonyl (C=O) groups is 2. The standard InChI is InChI=1S/C20H18F6N2O3/c1-11(17(29)27-15-4-6-16(7-5-15)28(2)3)31-18(30)12-8-13(19(21,22)23)10-14(9-12)20(24,25)26/h4-11H,1-3H3,(H,27,29). The van der Waals surface area contributed by atoms with Gasteiger partial charge in [0, 0.05) is 25.5 Å². The molecule has 168 valence electrons. The van der Waals surface area contributed by atoms with E-state index in [-0.39, 0.29) is 18.2 Å². The molecule has 0 spiro atoms. The van der Waals surface area contributed by atoms with Crippen LogP contribution in [-0.4, -0.2) is 32.1 Å². The van der Waals surface area contributed by atoms with Crippen LogP contribution >= 0.6 is 0 Å². The summed E-state index contributed by atoms with van der Waals surface area (Å²) in [6.07, 6.45) is -11.7. The Bertz CT molecular complexity index is 921. The van der Waals surface area contributed by atoms with Crippen molar-refractivity contribution >= 4 is 23.3 Å². The Balaban J connectivity index is 2.17. The summed E-state index contributed by atoms with van der Waals surface area (Å²) in [4.78, 5) is 26.2. The van der Waals surface area contributed by atoms with Crippen LogP contribution in [-0.2, 0) is 21.9 Å². The second-order valence-electron chi connectivity index (χ2n) is 6.77. The van der Waals surface area contributed by atoms with Crippen molar-refractivity contribution in [3.8, 4) is 0 Å². The molecule has 0 aromatic heterocycles. The normalized spacial score (nSPS) is 12.8. The van der Waals surface area contributed by atoms with Gasteiger partial charge in [0.2, 0.25) is 0 Å². The number of ether oxygens (including phenoxy) is 1. The van der Waals surface area contributed by atoms with Crippen LogP contribution in [0.15, 0.2) is 42.5 Å². The van der Waals surface area contributed by atoms with Crippen LogP contribution in [0.5, 0.6) is 0 Å². The van der Waals surface area contributed by atoms with Crippen molar-refractivity contribution in [3.63, 3.8) is 0 Å². The fourth-order valence-electron chi connectivity index (χ4n) is 2.44. The molecule has 0 radical (unpaired) electrons. The van der Waals surface area contributed by atoms with E-state index in [0.717, 1.165) is 12.6 Å². The number of rotatable bonds is 5. The molecule has 1 unspecified atom stereocenters. The highest BCUT2D eigenvalue weighted by atomic mass is 19.4. The van der Waals surface area contributed by atoms with Gasteiger partial charge in [-0.25, -0.2) is 4.79 Å². The molecular weight excluding hydrogens is 430 g/mol. The first-order chi connectivity index (χ1) is 14.2. The number of anilines is 2. The highest BCUT2D eigenvalue weighted by Crippen LogP contribution is 2.36. The Morgan fingerprint density at radius 3 is 1.81 bits per heavy atom. The fourth-order valence-corrected chi connectivity index (χ4v) is 2.44. The molecule has 0 saturated carbocycles. The first-order valence-electron chi connectivity index (χ1n) is 8.77. The Kier molecular flexibility index (Phi) is 6.87. The number of esters is 1. The van der Waals surface area contributed by atoms with E-state index in [9.17, 15) is 35.9 Å². The molecule has 0 aliphatic carbocycles. The highest BCUT2D eigenvalue weighted by molar-refractivity contribution is 5.97.